The molecule has 1 unspecified atom stereocenters. The van der Waals surface area contributed by atoms with Gasteiger partial charge in [0, 0.05) is 0 Å². The lowest BCUT2D eigenvalue weighted by atomic mass is 10.1. The second-order valence-corrected chi connectivity index (χ2v) is 4.56. The summed E-state index contributed by atoms with van der Waals surface area (Å²) in [5, 5.41) is 12.0. The van der Waals surface area contributed by atoms with E-state index in [0.29, 0.717) is 16.1 Å². The number of hydrogen-bond donors (Lipinski definition) is 1. The Kier molecular flexibility index (Phi) is 3.68. The summed E-state index contributed by atoms with van der Waals surface area (Å²) >= 11 is 3.22. The molecule has 1 atom stereocenters. The average Bonchev–Trinajstić information content (AvgIpc) is 2.76. The van der Waals surface area contributed by atoms with E-state index in [-0.39, 0.29) is 11.6 Å². The van der Waals surface area contributed by atoms with Gasteiger partial charge in [-0.25, -0.2) is 4.39 Å². The van der Waals surface area contributed by atoms with Crippen molar-refractivity contribution in [3.8, 4) is 6.07 Å². The zero-order valence-corrected chi connectivity index (χ0v) is 11.2. The fourth-order valence-electron chi connectivity index (χ4n) is 1.62. The molecule has 0 amide bonds. The molecule has 0 aliphatic heterocycles. The summed E-state index contributed by atoms with van der Waals surface area (Å²) in [5.41, 5.74) is 0.465. The molecule has 18 heavy (non-hydrogen) atoms. The monoisotopic (exact) mass is 308 g/mol. The molecular formula is C13H10BrFN2O. The maximum atomic E-state index is 13.4. The number of nitrogens with zero attached hydrogens (tertiary/aromatic N) is 1. The first kappa shape index (κ1) is 12.7. The summed E-state index contributed by atoms with van der Waals surface area (Å²) in [6, 6.07) is 9.76. The van der Waals surface area contributed by atoms with E-state index in [1.165, 1.54) is 6.07 Å². The van der Waals surface area contributed by atoms with Crippen molar-refractivity contribution in [3.05, 3.63) is 52.1 Å². The van der Waals surface area contributed by atoms with Gasteiger partial charge in [0.05, 0.1) is 11.7 Å². The highest BCUT2D eigenvalue weighted by Gasteiger charge is 2.13. The molecule has 0 bridgehead atoms. The van der Waals surface area contributed by atoms with Gasteiger partial charge in [-0.1, -0.05) is 6.07 Å². The van der Waals surface area contributed by atoms with E-state index >= 15 is 0 Å². The van der Waals surface area contributed by atoms with Gasteiger partial charge in [-0.3, -0.25) is 0 Å². The van der Waals surface area contributed by atoms with Crippen LogP contribution >= 0.6 is 15.9 Å². The third-order valence-corrected chi connectivity index (χ3v) is 2.94. The van der Waals surface area contributed by atoms with E-state index in [4.69, 9.17) is 9.68 Å². The summed E-state index contributed by atoms with van der Waals surface area (Å²) in [6.07, 6.45) is 0. The van der Waals surface area contributed by atoms with Crippen LogP contribution in [0, 0.1) is 17.1 Å². The van der Waals surface area contributed by atoms with E-state index in [1.54, 1.807) is 18.2 Å². The van der Waals surface area contributed by atoms with Crippen LogP contribution in [0.3, 0.4) is 0 Å². The minimum absolute atomic E-state index is 0.00923. The SMILES string of the molecule is CC(Nc1cccc(F)c1C#N)c1ccc(Br)o1. The number of nitrogens with one attached hydrogen (secondary N) is 1. The number of benzene rings is 1. The fourth-order valence-corrected chi connectivity index (χ4v) is 1.94. The Hall–Kier alpha value is -1.80. The standard InChI is InChI=1S/C13H10BrFN2O/c1-8(12-5-6-13(14)18-12)17-11-4-2-3-10(15)9(11)7-16/h2-6,8,17H,1H3. The van der Waals surface area contributed by atoms with Gasteiger partial charge in [0.2, 0.25) is 0 Å². The first-order valence-corrected chi connectivity index (χ1v) is 6.11. The number of halogens is 2. The average molecular weight is 309 g/mol. The van der Waals surface area contributed by atoms with Crippen molar-refractivity contribution >= 4 is 21.6 Å². The summed E-state index contributed by atoms with van der Waals surface area (Å²) < 4.78 is 19.4. The highest BCUT2D eigenvalue weighted by molar-refractivity contribution is 9.10. The number of nitriles is 1. The summed E-state index contributed by atoms with van der Waals surface area (Å²) in [5.74, 6) is 0.172. The third-order valence-electron chi connectivity index (χ3n) is 2.52. The third kappa shape index (κ3) is 2.54. The highest BCUT2D eigenvalue weighted by atomic mass is 79.9. The smallest absolute Gasteiger partial charge is 0.169 e. The van der Waals surface area contributed by atoms with Gasteiger partial charge in [-0.15, -0.1) is 0 Å². The van der Waals surface area contributed by atoms with E-state index < -0.39 is 5.82 Å². The van der Waals surface area contributed by atoms with Crippen LogP contribution in [0.15, 0.2) is 39.4 Å². The van der Waals surface area contributed by atoms with Crippen LogP contribution in [0.5, 0.6) is 0 Å². The zero-order valence-electron chi connectivity index (χ0n) is 9.58. The maximum Gasteiger partial charge on any atom is 0.169 e. The van der Waals surface area contributed by atoms with Crippen LogP contribution < -0.4 is 5.32 Å². The van der Waals surface area contributed by atoms with E-state index in [0.717, 1.165) is 0 Å². The molecule has 0 saturated heterocycles. The minimum Gasteiger partial charge on any atom is -0.452 e. The predicted molar refractivity (Wildman–Crippen MR) is 69.6 cm³/mol. The van der Waals surface area contributed by atoms with Crippen molar-refractivity contribution in [2.75, 3.05) is 5.32 Å². The molecule has 5 heteroatoms. The van der Waals surface area contributed by atoms with Crippen molar-refractivity contribution in [1.82, 2.24) is 0 Å². The van der Waals surface area contributed by atoms with Crippen molar-refractivity contribution in [3.63, 3.8) is 0 Å². The highest BCUT2D eigenvalue weighted by Crippen LogP contribution is 2.26. The van der Waals surface area contributed by atoms with Crippen molar-refractivity contribution in [2.45, 2.75) is 13.0 Å². The normalized spacial score (nSPS) is 11.9. The molecular weight excluding hydrogens is 299 g/mol. The topological polar surface area (TPSA) is 49.0 Å². The van der Waals surface area contributed by atoms with Crippen LogP contribution in [0.2, 0.25) is 0 Å². The maximum absolute atomic E-state index is 13.4. The number of anilines is 1. The van der Waals surface area contributed by atoms with Gasteiger partial charge in [0.15, 0.2) is 4.67 Å². The molecule has 0 radical (unpaired) electrons. The van der Waals surface area contributed by atoms with Crippen LogP contribution in [-0.2, 0) is 0 Å². The van der Waals surface area contributed by atoms with E-state index in [2.05, 4.69) is 21.2 Å². The molecule has 1 aromatic carbocycles. The van der Waals surface area contributed by atoms with Gasteiger partial charge in [-0.05, 0) is 47.1 Å². The lowest BCUT2D eigenvalue weighted by Crippen LogP contribution is -2.07. The van der Waals surface area contributed by atoms with Crippen molar-refractivity contribution < 1.29 is 8.81 Å². The fraction of sp³-hybridized carbons (Fsp3) is 0.154. The Balaban J connectivity index is 2.25. The lowest BCUT2D eigenvalue weighted by Gasteiger charge is -2.14. The van der Waals surface area contributed by atoms with Gasteiger partial charge in [0.1, 0.15) is 23.2 Å². The molecule has 0 saturated carbocycles. The molecule has 1 N–H and O–H groups in total. The van der Waals surface area contributed by atoms with E-state index in [9.17, 15) is 4.39 Å². The molecule has 1 aromatic heterocycles. The van der Waals surface area contributed by atoms with Crippen LogP contribution in [0.4, 0.5) is 10.1 Å². The number of furan rings is 1. The quantitative estimate of drug-likeness (QED) is 0.923. The second-order valence-electron chi connectivity index (χ2n) is 3.78. The molecule has 3 nitrogen and oxygen atoms in total. The Morgan fingerprint density at radius 1 is 1.39 bits per heavy atom. The van der Waals surface area contributed by atoms with Gasteiger partial charge < -0.3 is 9.73 Å². The molecule has 2 rings (SSSR count). The Labute approximate surface area is 112 Å². The van der Waals surface area contributed by atoms with Crippen molar-refractivity contribution in [1.29, 1.82) is 5.26 Å². The second kappa shape index (κ2) is 5.23. The summed E-state index contributed by atoms with van der Waals surface area (Å²) in [6.45, 7) is 1.87. The predicted octanol–water partition coefficient (Wildman–Crippen LogP) is 4.23. The molecule has 92 valence electrons. The van der Waals surface area contributed by atoms with Gasteiger partial charge >= 0.3 is 0 Å². The lowest BCUT2D eigenvalue weighted by molar-refractivity contribution is 0.471. The molecule has 2 aromatic rings. The Morgan fingerprint density at radius 3 is 2.78 bits per heavy atom. The minimum atomic E-state index is -0.532. The first-order chi connectivity index (χ1) is 8.61. The van der Waals surface area contributed by atoms with Crippen LogP contribution in [0.1, 0.15) is 24.3 Å². The molecule has 0 spiro atoms. The molecule has 0 aliphatic carbocycles. The number of rotatable bonds is 3. The summed E-state index contributed by atoms with van der Waals surface area (Å²) in [7, 11) is 0. The van der Waals surface area contributed by atoms with Crippen LogP contribution in [-0.4, -0.2) is 0 Å². The summed E-state index contributed by atoms with van der Waals surface area (Å²) in [4.78, 5) is 0. The Bertz CT molecular complexity index is 603. The molecule has 0 aliphatic rings. The van der Waals surface area contributed by atoms with E-state index in [1.807, 2.05) is 19.1 Å². The molecule has 1 heterocycles. The number of hydrogen-bond acceptors (Lipinski definition) is 3. The first-order valence-electron chi connectivity index (χ1n) is 5.32. The van der Waals surface area contributed by atoms with Gasteiger partial charge in [-0.2, -0.15) is 5.26 Å². The largest absolute Gasteiger partial charge is 0.452 e. The zero-order chi connectivity index (χ0) is 13.1. The van der Waals surface area contributed by atoms with Crippen LogP contribution in [0.25, 0.3) is 0 Å². The van der Waals surface area contributed by atoms with Gasteiger partial charge in [0.25, 0.3) is 0 Å². The van der Waals surface area contributed by atoms with Crippen molar-refractivity contribution in [2.24, 2.45) is 0 Å². The molecule has 0 fully saturated rings. The Morgan fingerprint density at radius 2 is 2.17 bits per heavy atom.